The van der Waals surface area contributed by atoms with Gasteiger partial charge in [0.25, 0.3) is 0 Å². The molecule has 24 heavy (non-hydrogen) atoms. The summed E-state index contributed by atoms with van der Waals surface area (Å²) >= 11 is 0. The van der Waals surface area contributed by atoms with Gasteiger partial charge in [-0.05, 0) is 31.0 Å². The highest BCUT2D eigenvalue weighted by Crippen LogP contribution is 2.07. The summed E-state index contributed by atoms with van der Waals surface area (Å²) in [7, 11) is 1.94. The fourth-order valence-electron chi connectivity index (χ4n) is 2.22. The van der Waals surface area contributed by atoms with E-state index in [9.17, 15) is 0 Å². The van der Waals surface area contributed by atoms with E-state index in [0.717, 1.165) is 24.8 Å². The Balaban J connectivity index is 1.91. The smallest absolute Gasteiger partial charge is 0.191 e. The topological polar surface area (TPSA) is 63.5 Å². The number of hydrogen-bond donors (Lipinski definition) is 2. The summed E-state index contributed by atoms with van der Waals surface area (Å²) < 4.78 is 7.27. The van der Waals surface area contributed by atoms with E-state index in [1.54, 1.807) is 6.20 Å². The summed E-state index contributed by atoms with van der Waals surface area (Å²) in [5.74, 6) is 0.803. The van der Waals surface area contributed by atoms with Gasteiger partial charge in [-0.25, -0.2) is 4.99 Å². The first-order chi connectivity index (χ1) is 11.7. The molecule has 1 heterocycles. The molecule has 130 valence electrons. The fourth-order valence-corrected chi connectivity index (χ4v) is 2.22. The molecule has 1 aromatic heterocycles. The Morgan fingerprint density at radius 1 is 1.12 bits per heavy atom. The molecule has 0 fully saturated rings. The van der Waals surface area contributed by atoms with E-state index < -0.39 is 0 Å². The van der Waals surface area contributed by atoms with E-state index in [2.05, 4.69) is 51.9 Å². The highest BCUT2D eigenvalue weighted by molar-refractivity contribution is 5.79. The van der Waals surface area contributed by atoms with Gasteiger partial charge in [0.1, 0.15) is 0 Å². The standard InChI is InChI=1S/C18H27N5O/c1-4-19-18(21-13-17-10-11-22-23(17)3)20-12-15-6-8-16(9-7-15)14-24-5-2/h6-11H,4-5,12-14H2,1-3H3,(H2,19,20,21). The lowest BCUT2D eigenvalue weighted by molar-refractivity contribution is 0.134. The molecular weight excluding hydrogens is 302 g/mol. The van der Waals surface area contributed by atoms with Crippen molar-refractivity contribution < 1.29 is 4.74 Å². The van der Waals surface area contributed by atoms with Crippen LogP contribution in [0.2, 0.25) is 0 Å². The van der Waals surface area contributed by atoms with E-state index in [0.29, 0.717) is 19.7 Å². The van der Waals surface area contributed by atoms with Crippen molar-refractivity contribution in [3.05, 3.63) is 53.3 Å². The van der Waals surface area contributed by atoms with Crippen molar-refractivity contribution in [2.24, 2.45) is 12.0 Å². The van der Waals surface area contributed by atoms with Crippen LogP contribution in [0.15, 0.2) is 41.5 Å². The minimum absolute atomic E-state index is 0.635. The van der Waals surface area contributed by atoms with Gasteiger partial charge in [0.2, 0.25) is 0 Å². The van der Waals surface area contributed by atoms with Crippen LogP contribution >= 0.6 is 0 Å². The number of benzene rings is 1. The van der Waals surface area contributed by atoms with Crippen molar-refractivity contribution in [3.8, 4) is 0 Å². The predicted octanol–water partition coefficient (Wildman–Crippen LogP) is 2.21. The number of guanidine groups is 1. The second-order valence-corrected chi connectivity index (χ2v) is 5.45. The average Bonchev–Trinajstić information content (AvgIpc) is 3.01. The number of aromatic nitrogens is 2. The molecule has 0 unspecified atom stereocenters. The first kappa shape index (κ1) is 18.0. The van der Waals surface area contributed by atoms with Gasteiger partial charge in [-0.3, -0.25) is 4.68 Å². The summed E-state index contributed by atoms with van der Waals surface area (Å²) in [5, 5.41) is 10.8. The van der Waals surface area contributed by atoms with Crippen LogP contribution in [0.5, 0.6) is 0 Å². The number of hydrogen-bond acceptors (Lipinski definition) is 3. The van der Waals surface area contributed by atoms with E-state index in [1.807, 2.05) is 24.7 Å². The van der Waals surface area contributed by atoms with Crippen LogP contribution in [0.25, 0.3) is 0 Å². The van der Waals surface area contributed by atoms with Gasteiger partial charge in [-0.1, -0.05) is 24.3 Å². The van der Waals surface area contributed by atoms with Gasteiger partial charge >= 0.3 is 0 Å². The zero-order chi connectivity index (χ0) is 17.2. The maximum absolute atomic E-state index is 5.41. The molecule has 0 bridgehead atoms. The third-order valence-corrected chi connectivity index (χ3v) is 3.62. The Labute approximate surface area is 143 Å². The van der Waals surface area contributed by atoms with Gasteiger partial charge in [0.15, 0.2) is 5.96 Å². The molecule has 2 aromatic rings. The molecule has 0 aliphatic heterocycles. The second kappa shape index (κ2) is 9.72. The highest BCUT2D eigenvalue weighted by Gasteiger charge is 2.01. The quantitative estimate of drug-likeness (QED) is 0.576. The highest BCUT2D eigenvalue weighted by atomic mass is 16.5. The molecule has 0 spiro atoms. The molecular formula is C18H27N5O. The monoisotopic (exact) mass is 329 g/mol. The van der Waals surface area contributed by atoms with Gasteiger partial charge < -0.3 is 15.4 Å². The van der Waals surface area contributed by atoms with Crippen molar-refractivity contribution in [3.63, 3.8) is 0 Å². The fraction of sp³-hybridized carbons (Fsp3) is 0.444. The summed E-state index contributed by atoms with van der Waals surface area (Å²) in [6.45, 7) is 7.61. The minimum Gasteiger partial charge on any atom is -0.377 e. The van der Waals surface area contributed by atoms with E-state index in [4.69, 9.17) is 4.74 Å². The number of rotatable bonds is 8. The largest absolute Gasteiger partial charge is 0.377 e. The molecule has 0 amide bonds. The molecule has 0 saturated carbocycles. The summed E-state index contributed by atoms with van der Waals surface area (Å²) in [6, 6.07) is 10.4. The lowest BCUT2D eigenvalue weighted by Crippen LogP contribution is -2.37. The maximum atomic E-state index is 5.41. The molecule has 0 radical (unpaired) electrons. The molecule has 0 aliphatic carbocycles. The molecule has 6 nitrogen and oxygen atoms in total. The van der Waals surface area contributed by atoms with Gasteiger partial charge in [0.05, 0.1) is 25.4 Å². The van der Waals surface area contributed by atoms with Crippen LogP contribution in [0.1, 0.15) is 30.7 Å². The summed E-state index contributed by atoms with van der Waals surface area (Å²) in [5.41, 5.74) is 3.47. The number of ether oxygens (including phenoxy) is 1. The Kier molecular flexibility index (Phi) is 7.29. The lowest BCUT2D eigenvalue weighted by atomic mass is 10.1. The van der Waals surface area contributed by atoms with Crippen molar-refractivity contribution in [2.45, 2.75) is 33.5 Å². The summed E-state index contributed by atoms with van der Waals surface area (Å²) in [6.07, 6.45) is 1.80. The Morgan fingerprint density at radius 2 is 1.88 bits per heavy atom. The van der Waals surface area contributed by atoms with Crippen molar-refractivity contribution in [2.75, 3.05) is 13.2 Å². The molecule has 2 rings (SSSR count). The van der Waals surface area contributed by atoms with Crippen molar-refractivity contribution in [1.82, 2.24) is 20.4 Å². The average molecular weight is 329 g/mol. The second-order valence-electron chi connectivity index (χ2n) is 5.45. The predicted molar refractivity (Wildman–Crippen MR) is 96.6 cm³/mol. The van der Waals surface area contributed by atoms with Crippen LogP contribution < -0.4 is 10.6 Å². The molecule has 2 N–H and O–H groups in total. The van der Waals surface area contributed by atoms with Crippen LogP contribution in [0, 0.1) is 0 Å². The SMILES string of the molecule is CCNC(=NCc1ccc(COCC)cc1)NCc1ccnn1C. The first-order valence-electron chi connectivity index (χ1n) is 8.37. The molecule has 0 saturated heterocycles. The molecule has 1 aromatic carbocycles. The maximum Gasteiger partial charge on any atom is 0.191 e. The van der Waals surface area contributed by atoms with Gasteiger partial charge in [-0.15, -0.1) is 0 Å². The minimum atomic E-state index is 0.635. The Morgan fingerprint density at radius 3 is 2.50 bits per heavy atom. The Hall–Kier alpha value is -2.34. The van der Waals surface area contributed by atoms with E-state index >= 15 is 0 Å². The summed E-state index contributed by atoms with van der Waals surface area (Å²) in [4.78, 5) is 4.64. The first-order valence-corrected chi connectivity index (χ1v) is 8.37. The van der Waals surface area contributed by atoms with Crippen molar-refractivity contribution in [1.29, 1.82) is 0 Å². The molecule has 6 heteroatoms. The van der Waals surface area contributed by atoms with E-state index in [1.165, 1.54) is 11.1 Å². The van der Waals surface area contributed by atoms with E-state index in [-0.39, 0.29) is 0 Å². The lowest BCUT2D eigenvalue weighted by Gasteiger charge is -2.11. The van der Waals surface area contributed by atoms with Crippen LogP contribution in [0.3, 0.4) is 0 Å². The van der Waals surface area contributed by atoms with Crippen LogP contribution in [-0.4, -0.2) is 28.9 Å². The number of aliphatic imine (C=N–C) groups is 1. The van der Waals surface area contributed by atoms with Crippen molar-refractivity contribution >= 4 is 5.96 Å². The third-order valence-electron chi connectivity index (χ3n) is 3.62. The van der Waals surface area contributed by atoms with Gasteiger partial charge in [-0.2, -0.15) is 5.10 Å². The molecule has 0 atom stereocenters. The zero-order valence-corrected chi connectivity index (χ0v) is 14.7. The number of nitrogens with zero attached hydrogens (tertiary/aromatic N) is 3. The Bertz CT molecular complexity index is 633. The number of aryl methyl sites for hydroxylation is 1. The van der Waals surface area contributed by atoms with Gasteiger partial charge in [0, 0.05) is 26.4 Å². The normalized spacial score (nSPS) is 11.5. The third kappa shape index (κ3) is 5.70. The number of nitrogens with one attached hydrogen (secondary N) is 2. The van der Waals surface area contributed by atoms with Crippen LogP contribution in [-0.2, 0) is 31.5 Å². The zero-order valence-electron chi connectivity index (χ0n) is 14.7. The van der Waals surface area contributed by atoms with Crippen LogP contribution in [0.4, 0.5) is 0 Å². The molecule has 0 aliphatic rings.